The lowest BCUT2D eigenvalue weighted by Crippen LogP contribution is -2.27. The Morgan fingerprint density at radius 2 is 1.96 bits per heavy atom. The summed E-state index contributed by atoms with van der Waals surface area (Å²) in [6.07, 6.45) is 0. The zero-order valence-electron chi connectivity index (χ0n) is 14.9. The summed E-state index contributed by atoms with van der Waals surface area (Å²) in [5.74, 6) is -1.66. The molecule has 0 bridgehead atoms. The second-order valence-corrected chi connectivity index (χ2v) is 6.41. The van der Waals surface area contributed by atoms with E-state index in [9.17, 15) is 14.0 Å². The van der Waals surface area contributed by atoms with E-state index in [1.165, 1.54) is 16.7 Å². The van der Waals surface area contributed by atoms with Gasteiger partial charge in [0, 0.05) is 5.69 Å². The van der Waals surface area contributed by atoms with Gasteiger partial charge in [-0.3, -0.25) is 9.36 Å². The first-order valence-corrected chi connectivity index (χ1v) is 8.61. The molecular weight excluding hydrogens is 361 g/mol. The Hall–Kier alpha value is -3.74. The van der Waals surface area contributed by atoms with Crippen molar-refractivity contribution >= 4 is 33.3 Å². The van der Waals surface area contributed by atoms with Crippen LogP contribution in [0.3, 0.4) is 0 Å². The zero-order chi connectivity index (χ0) is 19.8. The van der Waals surface area contributed by atoms with Crippen LogP contribution in [-0.2, 0) is 6.67 Å². The molecule has 1 aromatic heterocycles. The van der Waals surface area contributed by atoms with Gasteiger partial charge in [-0.25, -0.2) is 14.2 Å². The molecule has 4 aromatic rings. The summed E-state index contributed by atoms with van der Waals surface area (Å²) >= 11 is 0. The molecule has 0 fully saturated rings. The highest BCUT2D eigenvalue weighted by molar-refractivity contribution is 6.05. The first-order chi connectivity index (χ1) is 13.5. The quantitative estimate of drug-likeness (QED) is 0.529. The molecule has 0 aliphatic heterocycles. The first kappa shape index (κ1) is 17.7. The second kappa shape index (κ2) is 6.77. The third-order valence-electron chi connectivity index (χ3n) is 4.68. The molecule has 0 saturated heterocycles. The van der Waals surface area contributed by atoms with E-state index in [1.807, 2.05) is 36.4 Å². The van der Waals surface area contributed by atoms with E-state index < -0.39 is 17.3 Å². The van der Waals surface area contributed by atoms with Crippen LogP contribution < -0.4 is 10.9 Å². The highest BCUT2D eigenvalue weighted by atomic mass is 19.1. The van der Waals surface area contributed by atoms with E-state index in [2.05, 4.69) is 10.3 Å². The fraction of sp³-hybridized carbons (Fsp3) is 0.0952. The average Bonchev–Trinajstić information content (AvgIpc) is 2.67. The number of hydrogen-bond acceptors (Lipinski definition) is 4. The van der Waals surface area contributed by atoms with E-state index in [1.54, 1.807) is 6.92 Å². The second-order valence-electron chi connectivity index (χ2n) is 6.41. The lowest BCUT2D eigenvalue weighted by Gasteiger charge is -2.14. The number of aryl methyl sites for hydroxylation is 1. The van der Waals surface area contributed by atoms with Crippen molar-refractivity contribution in [3.63, 3.8) is 0 Å². The molecule has 6 nitrogen and oxygen atoms in total. The van der Waals surface area contributed by atoms with Gasteiger partial charge in [-0.1, -0.05) is 30.3 Å². The number of hydrogen-bond donors (Lipinski definition) is 2. The highest BCUT2D eigenvalue weighted by Crippen LogP contribution is 2.22. The first-order valence-electron chi connectivity index (χ1n) is 8.61. The maximum atomic E-state index is 13.9. The van der Waals surface area contributed by atoms with Crippen LogP contribution in [-0.4, -0.2) is 20.6 Å². The van der Waals surface area contributed by atoms with Crippen LogP contribution in [0.25, 0.3) is 21.7 Å². The Bertz CT molecular complexity index is 1300. The van der Waals surface area contributed by atoms with Crippen molar-refractivity contribution < 1.29 is 14.3 Å². The Labute approximate surface area is 158 Å². The molecule has 0 radical (unpaired) electrons. The molecule has 3 aromatic carbocycles. The predicted octanol–water partition coefficient (Wildman–Crippen LogP) is 3.77. The summed E-state index contributed by atoms with van der Waals surface area (Å²) < 4.78 is 15.3. The number of fused-ring (bicyclic) bond motifs is 3. The van der Waals surface area contributed by atoms with Gasteiger partial charge >= 0.3 is 5.97 Å². The zero-order valence-corrected chi connectivity index (χ0v) is 14.9. The van der Waals surface area contributed by atoms with Crippen LogP contribution in [0.15, 0.2) is 59.4 Å². The maximum absolute atomic E-state index is 13.9. The van der Waals surface area contributed by atoms with Gasteiger partial charge in [-0.2, -0.15) is 0 Å². The van der Waals surface area contributed by atoms with Crippen LogP contribution in [0.4, 0.5) is 10.1 Å². The number of nitrogens with one attached hydrogen (secondary N) is 1. The molecule has 0 spiro atoms. The average molecular weight is 377 g/mol. The third-order valence-corrected chi connectivity index (χ3v) is 4.68. The Morgan fingerprint density at radius 1 is 1.18 bits per heavy atom. The molecule has 4 rings (SSSR count). The normalized spacial score (nSPS) is 11.1. The maximum Gasteiger partial charge on any atom is 0.338 e. The van der Waals surface area contributed by atoms with Gasteiger partial charge in [-0.15, -0.1) is 0 Å². The number of carboxylic acid groups (broad SMARTS) is 1. The van der Waals surface area contributed by atoms with Crippen LogP contribution in [0.1, 0.15) is 16.2 Å². The van der Waals surface area contributed by atoms with Crippen molar-refractivity contribution in [1.82, 2.24) is 9.55 Å². The van der Waals surface area contributed by atoms with Crippen LogP contribution >= 0.6 is 0 Å². The summed E-state index contributed by atoms with van der Waals surface area (Å²) in [4.78, 5) is 28.6. The topological polar surface area (TPSA) is 84.2 Å². The van der Waals surface area contributed by atoms with Gasteiger partial charge < -0.3 is 10.4 Å². The molecule has 0 saturated carbocycles. The van der Waals surface area contributed by atoms with Crippen LogP contribution in [0.5, 0.6) is 0 Å². The number of rotatable bonds is 4. The highest BCUT2D eigenvalue weighted by Gasteiger charge is 2.13. The molecule has 0 amide bonds. The third kappa shape index (κ3) is 2.96. The van der Waals surface area contributed by atoms with E-state index in [4.69, 9.17) is 5.11 Å². The number of carbonyl (C=O) groups is 1. The lowest BCUT2D eigenvalue weighted by molar-refractivity contribution is 0.0692. The largest absolute Gasteiger partial charge is 0.478 e. The van der Waals surface area contributed by atoms with E-state index in [0.29, 0.717) is 22.4 Å². The smallest absolute Gasteiger partial charge is 0.338 e. The van der Waals surface area contributed by atoms with Gasteiger partial charge in [0.05, 0.1) is 23.1 Å². The molecule has 1 heterocycles. The fourth-order valence-electron chi connectivity index (χ4n) is 3.25. The van der Waals surface area contributed by atoms with Crippen molar-refractivity contribution in [2.45, 2.75) is 13.6 Å². The molecule has 7 heteroatoms. The minimum Gasteiger partial charge on any atom is -0.478 e. The molecule has 0 unspecified atom stereocenters. The summed E-state index contributed by atoms with van der Waals surface area (Å²) in [6, 6.07) is 15.1. The van der Waals surface area contributed by atoms with Crippen LogP contribution in [0, 0.1) is 12.7 Å². The Balaban J connectivity index is 1.75. The Morgan fingerprint density at radius 3 is 2.71 bits per heavy atom. The monoisotopic (exact) mass is 377 g/mol. The minimum absolute atomic E-state index is 0.0721. The number of benzene rings is 3. The van der Waals surface area contributed by atoms with E-state index in [0.717, 1.165) is 16.8 Å². The van der Waals surface area contributed by atoms with Gasteiger partial charge in [-0.05, 0) is 42.0 Å². The molecule has 0 atom stereocenters. The van der Waals surface area contributed by atoms with Crippen molar-refractivity contribution in [2.24, 2.45) is 0 Å². The number of nitrogens with zero attached hydrogens (tertiary/aromatic N) is 2. The van der Waals surface area contributed by atoms with E-state index in [-0.39, 0.29) is 12.2 Å². The van der Waals surface area contributed by atoms with Crippen molar-refractivity contribution in [1.29, 1.82) is 0 Å². The van der Waals surface area contributed by atoms with Gasteiger partial charge in [0.2, 0.25) is 0 Å². The summed E-state index contributed by atoms with van der Waals surface area (Å²) in [7, 11) is 0. The van der Waals surface area contributed by atoms with Gasteiger partial charge in [0.15, 0.2) is 0 Å². The lowest BCUT2D eigenvalue weighted by atomic mass is 10.1. The number of halogens is 1. The van der Waals surface area contributed by atoms with Gasteiger partial charge in [0.1, 0.15) is 11.6 Å². The van der Waals surface area contributed by atoms with Gasteiger partial charge in [0.25, 0.3) is 5.56 Å². The molecule has 0 aliphatic carbocycles. The summed E-state index contributed by atoms with van der Waals surface area (Å²) in [6.45, 7) is 1.80. The van der Waals surface area contributed by atoms with E-state index >= 15 is 0 Å². The molecule has 28 heavy (non-hydrogen) atoms. The summed E-state index contributed by atoms with van der Waals surface area (Å²) in [5.41, 5.74) is 0.383. The predicted molar refractivity (Wildman–Crippen MR) is 105 cm³/mol. The van der Waals surface area contributed by atoms with Crippen molar-refractivity contribution in [2.75, 3.05) is 5.32 Å². The molecular formula is C21H16FN3O3. The van der Waals surface area contributed by atoms with Crippen molar-refractivity contribution in [3.05, 3.63) is 82.2 Å². The molecule has 140 valence electrons. The number of aromatic nitrogens is 2. The van der Waals surface area contributed by atoms with Crippen LogP contribution in [0.2, 0.25) is 0 Å². The SMILES string of the molecule is Cc1nc2ccc3ccccc3c2c(=O)n1CNc1ccc(C(=O)O)c(F)c1. The Kier molecular flexibility index (Phi) is 4.27. The number of aromatic carboxylic acids is 1. The number of anilines is 1. The minimum atomic E-state index is -1.33. The molecule has 0 aliphatic rings. The fourth-order valence-corrected chi connectivity index (χ4v) is 3.25. The molecule has 2 N–H and O–H groups in total. The standard InChI is InChI=1S/C21H16FN3O3/c1-12-24-18-9-6-13-4-2-3-5-15(13)19(18)20(26)25(12)11-23-14-7-8-16(21(27)28)17(22)10-14/h2-10,23H,11H2,1H3,(H,27,28). The summed E-state index contributed by atoms with van der Waals surface area (Å²) in [5, 5.41) is 14.2. The van der Waals surface area contributed by atoms with Crippen molar-refractivity contribution in [3.8, 4) is 0 Å². The number of carboxylic acids is 1.